The highest BCUT2D eigenvalue weighted by atomic mass is 35.5. The first kappa shape index (κ1) is 16.5. The molecule has 1 aromatic rings. The van der Waals surface area contributed by atoms with E-state index in [1.807, 2.05) is 0 Å². The zero-order chi connectivity index (χ0) is 16.7. The van der Waals surface area contributed by atoms with Gasteiger partial charge >= 0.3 is 12.1 Å². The number of aliphatic hydroxyl groups is 1. The minimum atomic E-state index is -1.26. The van der Waals surface area contributed by atoms with Crippen LogP contribution in [0.3, 0.4) is 0 Å². The van der Waals surface area contributed by atoms with Crippen molar-refractivity contribution in [3.05, 3.63) is 28.0 Å². The summed E-state index contributed by atoms with van der Waals surface area (Å²) in [6.45, 7) is 5.15. The standard InChI is InChI=1S/C14H17ClN2O5/c1-14(2,3)22-13(20)17-6-8-7(11(17)18)5-9(15)16-10(8)12(19)21-4/h5,11,18H,6H2,1-4H3. The van der Waals surface area contributed by atoms with Gasteiger partial charge in [0.1, 0.15) is 10.8 Å². The first-order valence-corrected chi connectivity index (χ1v) is 6.97. The van der Waals surface area contributed by atoms with Crippen LogP contribution >= 0.6 is 11.6 Å². The van der Waals surface area contributed by atoms with Crippen LogP contribution in [0.2, 0.25) is 5.15 Å². The largest absolute Gasteiger partial charge is 0.464 e. The first-order valence-electron chi connectivity index (χ1n) is 6.59. The zero-order valence-corrected chi connectivity index (χ0v) is 13.5. The number of aromatic nitrogens is 1. The number of fused-ring (bicyclic) bond motifs is 1. The molecule has 1 N–H and O–H groups in total. The smallest absolute Gasteiger partial charge is 0.412 e. The molecule has 0 saturated carbocycles. The average Bonchev–Trinajstić information content (AvgIpc) is 2.73. The van der Waals surface area contributed by atoms with Crippen molar-refractivity contribution >= 4 is 23.7 Å². The molecule has 2 heterocycles. The van der Waals surface area contributed by atoms with Gasteiger partial charge in [0.15, 0.2) is 11.9 Å². The van der Waals surface area contributed by atoms with Gasteiger partial charge in [-0.2, -0.15) is 0 Å². The molecule has 0 radical (unpaired) electrons. The maximum Gasteiger partial charge on any atom is 0.412 e. The summed E-state index contributed by atoms with van der Waals surface area (Å²) in [5, 5.41) is 10.3. The van der Waals surface area contributed by atoms with Crippen molar-refractivity contribution in [3.8, 4) is 0 Å². The van der Waals surface area contributed by atoms with Crippen molar-refractivity contribution in [2.45, 2.75) is 39.1 Å². The molecule has 1 aromatic heterocycles. The summed E-state index contributed by atoms with van der Waals surface area (Å²) in [5.41, 5.74) is 0.0168. The summed E-state index contributed by atoms with van der Waals surface area (Å²) in [6.07, 6.45) is -1.95. The molecule has 1 aliphatic heterocycles. The summed E-state index contributed by atoms with van der Waals surface area (Å²) in [5.74, 6) is -0.683. The van der Waals surface area contributed by atoms with E-state index in [0.29, 0.717) is 11.1 Å². The fourth-order valence-corrected chi connectivity index (χ4v) is 2.33. The first-order chi connectivity index (χ1) is 10.1. The van der Waals surface area contributed by atoms with Crippen molar-refractivity contribution in [1.82, 2.24) is 9.88 Å². The van der Waals surface area contributed by atoms with Crippen LogP contribution in [0.4, 0.5) is 4.79 Å². The lowest BCUT2D eigenvalue weighted by Gasteiger charge is -2.26. The number of methoxy groups -OCH3 is 1. The highest BCUT2D eigenvalue weighted by Crippen LogP contribution is 2.36. The van der Waals surface area contributed by atoms with Gasteiger partial charge in [-0.15, -0.1) is 0 Å². The van der Waals surface area contributed by atoms with Crippen molar-refractivity contribution in [2.75, 3.05) is 7.11 Å². The van der Waals surface area contributed by atoms with E-state index in [0.717, 1.165) is 4.90 Å². The topological polar surface area (TPSA) is 89.0 Å². The van der Waals surface area contributed by atoms with Crippen LogP contribution in [0.1, 0.15) is 48.6 Å². The molecule has 1 amide bonds. The van der Waals surface area contributed by atoms with E-state index in [4.69, 9.17) is 16.3 Å². The van der Waals surface area contributed by atoms with E-state index in [9.17, 15) is 14.7 Å². The Morgan fingerprint density at radius 3 is 2.64 bits per heavy atom. The number of ether oxygens (including phenoxy) is 2. The van der Waals surface area contributed by atoms with Crippen LogP contribution < -0.4 is 0 Å². The molecule has 120 valence electrons. The summed E-state index contributed by atoms with van der Waals surface area (Å²) in [7, 11) is 1.22. The molecule has 0 aromatic carbocycles. The maximum atomic E-state index is 12.1. The Bertz CT molecular complexity index is 626. The van der Waals surface area contributed by atoms with E-state index in [1.165, 1.54) is 13.2 Å². The average molecular weight is 329 g/mol. The Morgan fingerprint density at radius 1 is 1.45 bits per heavy atom. The molecular weight excluding hydrogens is 312 g/mol. The van der Waals surface area contributed by atoms with E-state index >= 15 is 0 Å². The summed E-state index contributed by atoms with van der Waals surface area (Å²) < 4.78 is 9.89. The summed E-state index contributed by atoms with van der Waals surface area (Å²) >= 11 is 5.86. The third kappa shape index (κ3) is 3.15. The van der Waals surface area contributed by atoms with Crippen molar-refractivity contribution in [3.63, 3.8) is 0 Å². The van der Waals surface area contributed by atoms with Gasteiger partial charge in [0.05, 0.1) is 13.7 Å². The van der Waals surface area contributed by atoms with Gasteiger partial charge in [-0.05, 0) is 26.8 Å². The Kier molecular flexibility index (Phi) is 4.30. The van der Waals surface area contributed by atoms with Crippen LogP contribution in [0.15, 0.2) is 6.07 Å². The number of hydrogen-bond donors (Lipinski definition) is 1. The minimum absolute atomic E-state index is 0.0139. The summed E-state index contributed by atoms with van der Waals surface area (Å²) in [4.78, 5) is 28.9. The monoisotopic (exact) mass is 328 g/mol. The molecule has 22 heavy (non-hydrogen) atoms. The van der Waals surface area contributed by atoms with Gasteiger partial charge in [0.25, 0.3) is 0 Å². The highest BCUT2D eigenvalue weighted by molar-refractivity contribution is 6.29. The lowest BCUT2D eigenvalue weighted by molar-refractivity contribution is -0.0258. The molecule has 0 bridgehead atoms. The molecule has 0 spiro atoms. The number of nitrogens with zero attached hydrogens (tertiary/aromatic N) is 2. The van der Waals surface area contributed by atoms with Crippen LogP contribution in [0, 0.1) is 0 Å². The normalized spacial score (nSPS) is 17.2. The Morgan fingerprint density at radius 2 is 2.09 bits per heavy atom. The second-order valence-corrected chi connectivity index (χ2v) is 6.22. The molecule has 0 fully saturated rings. The number of carbonyl (C=O) groups is 2. The molecule has 2 rings (SSSR count). The second kappa shape index (κ2) is 5.73. The molecule has 1 unspecified atom stereocenters. The number of rotatable bonds is 1. The van der Waals surface area contributed by atoms with E-state index < -0.39 is 23.9 Å². The number of aliphatic hydroxyl groups excluding tert-OH is 1. The molecule has 8 heteroatoms. The number of carbonyl (C=O) groups excluding carboxylic acids is 2. The molecule has 1 aliphatic rings. The van der Waals surface area contributed by atoms with Gasteiger partial charge in [-0.3, -0.25) is 4.90 Å². The van der Waals surface area contributed by atoms with E-state index in [-0.39, 0.29) is 17.4 Å². The van der Waals surface area contributed by atoms with Crippen LogP contribution in [0.5, 0.6) is 0 Å². The lowest BCUT2D eigenvalue weighted by Crippen LogP contribution is -2.35. The Labute approximate surface area is 132 Å². The predicted octanol–water partition coefficient (Wildman–Crippen LogP) is 2.26. The highest BCUT2D eigenvalue weighted by Gasteiger charge is 2.38. The van der Waals surface area contributed by atoms with Crippen LogP contribution in [-0.2, 0) is 16.0 Å². The third-order valence-electron chi connectivity index (χ3n) is 3.04. The molecule has 0 saturated heterocycles. The number of amides is 1. The van der Waals surface area contributed by atoms with Crippen molar-refractivity contribution in [1.29, 1.82) is 0 Å². The number of esters is 1. The lowest BCUT2D eigenvalue weighted by atomic mass is 10.1. The summed E-state index contributed by atoms with van der Waals surface area (Å²) in [6, 6.07) is 1.42. The van der Waals surface area contributed by atoms with Crippen LogP contribution in [-0.4, -0.2) is 39.8 Å². The van der Waals surface area contributed by atoms with E-state index in [1.54, 1.807) is 20.8 Å². The number of hydrogen-bond acceptors (Lipinski definition) is 6. The number of pyridine rings is 1. The van der Waals surface area contributed by atoms with Crippen LogP contribution in [0.25, 0.3) is 0 Å². The SMILES string of the molecule is COC(=O)c1nc(Cl)cc2c1CN(C(=O)OC(C)(C)C)C2O. The van der Waals surface area contributed by atoms with Gasteiger partial charge in [-0.25, -0.2) is 14.6 Å². The van der Waals surface area contributed by atoms with Gasteiger partial charge < -0.3 is 14.6 Å². The third-order valence-corrected chi connectivity index (χ3v) is 3.23. The fourth-order valence-electron chi connectivity index (χ4n) is 2.13. The number of halogens is 1. The molecular formula is C14H17ClN2O5. The fraction of sp³-hybridized carbons (Fsp3) is 0.500. The molecule has 0 aliphatic carbocycles. The van der Waals surface area contributed by atoms with Gasteiger partial charge in [-0.1, -0.05) is 11.6 Å². The minimum Gasteiger partial charge on any atom is -0.464 e. The second-order valence-electron chi connectivity index (χ2n) is 5.83. The Balaban J connectivity index is 2.37. The quantitative estimate of drug-likeness (QED) is 0.628. The van der Waals surface area contributed by atoms with Gasteiger partial charge in [0, 0.05) is 11.1 Å². The van der Waals surface area contributed by atoms with Crippen molar-refractivity contribution < 1.29 is 24.2 Å². The molecule has 7 nitrogen and oxygen atoms in total. The maximum absolute atomic E-state index is 12.1. The van der Waals surface area contributed by atoms with Gasteiger partial charge in [0.2, 0.25) is 0 Å². The molecule has 1 atom stereocenters. The Hall–Kier alpha value is -1.86. The van der Waals surface area contributed by atoms with E-state index in [2.05, 4.69) is 9.72 Å². The zero-order valence-electron chi connectivity index (χ0n) is 12.7. The van der Waals surface area contributed by atoms with Crippen molar-refractivity contribution in [2.24, 2.45) is 0 Å². The predicted molar refractivity (Wildman–Crippen MR) is 77.3 cm³/mol.